The van der Waals surface area contributed by atoms with Crippen molar-refractivity contribution in [1.82, 2.24) is 4.91 Å². The molecule has 0 saturated carbocycles. The number of nitrogens with zero attached hydrogens (tertiary/aromatic N) is 1. The smallest absolute Gasteiger partial charge is 0.103 e. The number of rotatable bonds is 4. The second-order valence-corrected chi connectivity index (χ2v) is 6.58. The molecule has 0 saturated heterocycles. The van der Waals surface area contributed by atoms with E-state index in [9.17, 15) is 0 Å². The maximum Gasteiger partial charge on any atom is 0.211 e. The minimum atomic E-state index is 0.100. The highest BCUT2D eigenvalue weighted by Gasteiger charge is 2.28. The van der Waals surface area contributed by atoms with Crippen LogP contribution in [0, 0.1) is 28.3 Å². The molecule has 2 aromatic carbocycles. The fourth-order valence-corrected chi connectivity index (χ4v) is 3.47. The first-order valence-electron chi connectivity index (χ1n) is 8.89. The van der Waals surface area contributed by atoms with Crippen LogP contribution in [0.5, 0.6) is 0 Å². The third kappa shape index (κ3) is 6.37. The van der Waals surface area contributed by atoms with Crippen molar-refractivity contribution in [3.63, 3.8) is 0 Å². The lowest BCUT2D eigenvalue weighted by atomic mass is 9.72. The first kappa shape index (κ1) is 18.6. The summed E-state index contributed by atoms with van der Waals surface area (Å²) in [5.74, 6) is 7.15. The minimum absolute atomic E-state index is 0.100. The molecular formula is C22H26N3+. The third-order valence-corrected chi connectivity index (χ3v) is 4.58. The third-order valence-electron chi connectivity index (χ3n) is 4.58. The van der Waals surface area contributed by atoms with Crippen molar-refractivity contribution in [2.45, 2.75) is 44.9 Å². The molecule has 0 amide bonds. The zero-order chi connectivity index (χ0) is 17.8. The van der Waals surface area contributed by atoms with Crippen molar-refractivity contribution < 1.29 is 0 Å². The van der Waals surface area contributed by atoms with Crippen LogP contribution in [-0.4, -0.2) is 0 Å². The normalized spacial score (nSPS) is 15.2. The highest BCUT2D eigenvalue weighted by molar-refractivity contribution is 5.27. The van der Waals surface area contributed by atoms with Crippen molar-refractivity contribution in [3.05, 3.63) is 71.8 Å². The summed E-state index contributed by atoms with van der Waals surface area (Å²) in [5.41, 5.74) is 13.9. The summed E-state index contributed by atoms with van der Waals surface area (Å²) in [6.45, 7) is 0. The van der Waals surface area contributed by atoms with Gasteiger partial charge in [-0.25, -0.2) is 0 Å². The molecule has 0 atom stereocenters. The van der Waals surface area contributed by atoms with Gasteiger partial charge in [-0.2, -0.15) is 0 Å². The number of hydrogen-bond donors (Lipinski definition) is 2. The molecule has 0 spiro atoms. The van der Waals surface area contributed by atoms with Crippen molar-refractivity contribution in [3.8, 4) is 11.8 Å². The van der Waals surface area contributed by atoms with Crippen molar-refractivity contribution in [2.75, 3.05) is 0 Å². The van der Waals surface area contributed by atoms with Crippen LogP contribution in [0.4, 0.5) is 0 Å². The Morgan fingerprint density at radius 2 is 1.32 bits per heavy atom. The van der Waals surface area contributed by atoms with Crippen LogP contribution >= 0.6 is 0 Å². The largest absolute Gasteiger partial charge is 0.211 e. The van der Waals surface area contributed by atoms with Crippen LogP contribution < -0.4 is 4.91 Å². The standard InChI is InChI=1S/C22H24.H2N3/c1-2-10-16-22(17-11-3-1,18-20-12-6-4-7-13-20)19-21-14-8-5-9-15-21;1-3-2/h4-9,12-15H,1-3,10,16,18-19H2;1-2H/q;+1. The molecule has 2 N–H and O–H groups in total. The Bertz CT molecular complexity index is 679. The minimum Gasteiger partial charge on any atom is -0.103 e. The number of benzene rings is 2. The van der Waals surface area contributed by atoms with Gasteiger partial charge in [0, 0.05) is 11.8 Å². The average Bonchev–Trinajstić information content (AvgIpc) is 2.61. The molecule has 128 valence electrons. The Balaban J connectivity index is 0.000000701. The average molecular weight is 332 g/mol. The SMILES string of the molecule is C1#CC(Cc2ccccc2)(Cc2ccccc2)CCCCC1.N=[N+]=N. The molecule has 1 aliphatic rings. The number of hydrogen-bond acceptors (Lipinski definition) is 2. The van der Waals surface area contributed by atoms with Crippen molar-refractivity contribution in [1.29, 1.82) is 11.1 Å². The molecule has 3 heteroatoms. The highest BCUT2D eigenvalue weighted by atomic mass is 15.0. The van der Waals surface area contributed by atoms with Gasteiger partial charge in [0.15, 0.2) is 0 Å². The monoisotopic (exact) mass is 332 g/mol. The summed E-state index contributed by atoms with van der Waals surface area (Å²) >= 11 is 0. The van der Waals surface area contributed by atoms with Crippen molar-refractivity contribution >= 4 is 0 Å². The van der Waals surface area contributed by atoms with Gasteiger partial charge >= 0.3 is 0 Å². The van der Waals surface area contributed by atoms with Crippen LogP contribution in [0.3, 0.4) is 0 Å². The van der Waals surface area contributed by atoms with Gasteiger partial charge in [0.1, 0.15) is 11.1 Å². The molecule has 25 heavy (non-hydrogen) atoms. The van der Waals surface area contributed by atoms with E-state index in [0.29, 0.717) is 0 Å². The first-order chi connectivity index (χ1) is 12.3. The van der Waals surface area contributed by atoms with Crippen molar-refractivity contribution in [2.24, 2.45) is 5.41 Å². The topological polar surface area (TPSA) is 61.8 Å². The van der Waals surface area contributed by atoms with Crippen LogP contribution in [-0.2, 0) is 12.8 Å². The molecule has 0 heterocycles. The maximum atomic E-state index is 5.50. The zero-order valence-corrected chi connectivity index (χ0v) is 14.7. The molecule has 0 aromatic heterocycles. The lowest BCUT2D eigenvalue weighted by Crippen LogP contribution is -2.26. The summed E-state index contributed by atoms with van der Waals surface area (Å²) in [5, 5.41) is 0. The second-order valence-electron chi connectivity index (χ2n) is 6.58. The quantitative estimate of drug-likeness (QED) is 0.419. The molecular weight excluding hydrogens is 306 g/mol. The predicted molar refractivity (Wildman–Crippen MR) is 101 cm³/mol. The fraction of sp³-hybridized carbons (Fsp3) is 0.364. The molecule has 0 radical (unpaired) electrons. The van der Waals surface area contributed by atoms with Gasteiger partial charge in [-0.1, -0.05) is 79.4 Å². The molecule has 0 fully saturated rings. The van der Waals surface area contributed by atoms with Gasteiger partial charge in [-0.3, -0.25) is 0 Å². The van der Waals surface area contributed by atoms with Gasteiger partial charge in [-0.15, -0.1) is 5.92 Å². The Kier molecular flexibility index (Phi) is 7.63. The van der Waals surface area contributed by atoms with E-state index in [2.05, 4.69) is 72.5 Å². The summed E-state index contributed by atoms with van der Waals surface area (Å²) in [6.07, 6.45) is 8.29. The van der Waals surface area contributed by atoms with Gasteiger partial charge < -0.3 is 0 Å². The highest BCUT2D eigenvalue weighted by Crippen LogP contribution is 2.34. The van der Waals surface area contributed by atoms with E-state index in [1.165, 1.54) is 36.8 Å². The molecule has 0 bridgehead atoms. The number of nitrogens with one attached hydrogen (secondary N) is 2. The fourth-order valence-electron chi connectivity index (χ4n) is 3.47. The molecule has 2 aromatic rings. The predicted octanol–water partition coefficient (Wildman–Crippen LogP) is 5.54. The zero-order valence-electron chi connectivity index (χ0n) is 14.7. The van der Waals surface area contributed by atoms with Gasteiger partial charge in [-0.05, 0) is 36.8 Å². The summed E-state index contributed by atoms with van der Waals surface area (Å²) in [4.78, 5) is 2.00. The molecule has 1 aliphatic carbocycles. The molecule has 3 rings (SSSR count). The maximum absolute atomic E-state index is 5.50. The van der Waals surface area contributed by atoms with E-state index < -0.39 is 0 Å². The Hall–Kier alpha value is -2.69. The van der Waals surface area contributed by atoms with E-state index >= 15 is 0 Å². The van der Waals surface area contributed by atoms with E-state index in [-0.39, 0.29) is 5.41 Å². The first-order valence-corrected chi connectivity index (χ1v) is 8.89. The van der Waals surface area contributed by atoms with Crippen LogP contribution in [0.15, 0.2) is 60.7 Å². The summed E-state index contributed by atoms with van der Waals surface area (Å²) in [6, 6.07) is 21.7. The van der Waals surface area contributed by atoms with E-state index in [1.807, 2.05) is 4.91 Å². The lowest BCUT2D eigenvalue weighted by molar-refractivity contribution is 0.342. The van der Waals surface area contributed by atoms with Crippen LogP contribution in [0.25, 0.3) is 0 Å². The second kappa shape index (κ2) is 10.2. The van der Waals surface area contributed by atoms with Gasteiger partial charge in [0.2, 0.25) is 4.91 Å². The summed E-state index contributed by atoms with van der Waals surface area (Å²) < 4.78 is 0. The van der Waals surface area contributed by atoms with E-state index in [0.717, 1.165) is 19.3 Å². The molecule has 3 nitrogen and oxygen atoms in total. The molecule has 0 unspecified atom stereocenters. The van der Waals surface area contributed by atoms with Gasteiger partial charge in [0.25, 0.3) is 0 Å². The Morgan fingerprint density at radius 3 is 1.84 bits per heavy atom. The Labute approximate surface area is 150 Å². The Morgan fingerprint density at radius 1 is 0.800 bits per heavy atom. The van der Waals surface area contributed by atoms with E-state index in [1.54, 1.807) is 0 Å². The molecule has 0 aliphatic heterocycles. The lowest BCUT2D eigenvalue weighted by Gasteiger charge is -2.30. The van der Waals surface area contributed by atoms with Crippen LogP contribution in [0.2, 0.25) is 0 Å². The van der Waals surface area contributed by atoms with Gasteiger partial charge in [0.05, 0.1) is 0 Å². The van der Waals surface area contributed by atoms with Crippen LogP contribution in [0.1, 0.15) is 43.2 Å². The van der Waals surface area contributed by atoms with E-state index in [4.69, 9.17) is 11.1 Å². The summed E-state index contributed by atoms with van der Waals surface area (Å²) in [7, 11) is 0.